The number of anilines is 2. The molecule has 3 N–H and O–H groups in total. The van der Waals surface area contributed by atoms with E-state index in [-0.39, 0.29) is 17.4 Å². The van der Waals surface area contributed by atoms with E-state index in [1.807, 2.05) is 6.92 Å². The molecule has 1 saturated heterocycles. The Balaban J connectivity index is 2.10. The molecule has 112 valence electrons. The van der Waals surface area contributed by atoms with E-state index in [4.69, 9.17) is 5.73 Å². The van der Waals surface area contributed by atoms with Crippen LogP contribution in [0.15, 0.2) is 0 Å². The largest absolute Gasteiger partial charge is 0.382 e. The number of carbonyl (C=O) groups is 1. The monoisotopic (exact) mass is 296 g/mol. The van der Waals surface area contributed by atoms with Crippen LogP contribution in [-0.2, 0) is 0 Å². The minimum atomic E-state index is -0.118. The van der Waals surface area contributed by atoms with Gasteiger partial charge in [0.15, 0.2) is 5.13 Å². The van der Waals surface area contributed by atoms with Crippen molar-refractivity contribution in [3.05, 3.63) is 4.88 Å². The molecule has 0 spiro atoms. The summed E-state index contributed by atoms with van der Waals surface area (Å²) in [5.41, 5.74) is 5.93. The molecule has 0 aromatic carbocycles. The Morgan fingerprint density at radius 2 is 2.00 bits per heavy atom. The Labute approximate surface area is 124 Å². The van der Waals surface area contributed by atoms with Crippen molar-refractivity contribution in [1.82, 2.24) is 10.3 Å². The molecule has 1 aromatic heterocycles. The molecule has 0 aliphatic carbocycles. The molecule has 0 radical (unpaired) electrons. The first-order valence-electron chi connectivity index (χ1n) is 7.11. The number of nitrogens with zero attached hydrogens (tertiary/aromatic N) is 2. The van der Waals surface area contributed by atoms with Crippen molar-refractivity contribution >= 4 is 28.2 Å². The second-order valence-electron chi connectivity index (χ2n) is 6.47. The number of aromatic nitrogens is 1. The molecule has 5 nitrogen and oxygen atoms in total. The van der Waals surface area contributed by atoms with Crippen LogP contribution in [0.3, 0.4) is 0 Å². The minimum Gasteiger partial charge on any atom is -0.382 e. The maximum absolute atomic E-state index is 12.3. The van der Waals surface area contributed by atoms with E-state index < -0.39 is 0 Å². The van der Waals surface area contributed by atoms with Crippen molar-refractivity contribution < 1.29 is 4.79 Å². The first-order valence-corrected chi connectivity index (χ1v) is 7.93. The molecule has 1 unspecified atom stereocenters. The zero-order chi connectivity index (χ0) is 14.9. The van der Waals surface area contributed by atoms with E-state index in [2.05, 4.69) is 36.0 Å². The molecule has 6 heteroatoms. The lowest BCUT2D eigenvalue weighted by molar-refractivity contribution is 0.0915. The molecule has 1 aliphatic rings. The van der Waals surface area contributed by atoms with E-state index in [9.17, 15) is 4.79 Å². The number of nitrogens with one attached hydrogen (secondary N) is 1. The zero-order valence-corrected chi connectivity index (χ0v) is 13.5. The Morgan fingerprint density at radius 3 is 2.55 bits per heavy atom. The summed E-state index contributed by atoms with van der Waals surface area (Å²) in [6.45, 7) is 10.3. The van der Waals surface area contributed by atoms with Gasteiger partial charge in [0.05, 0.1) is 0 Å². The molecule has 0 bridgehead atoms. The third kappa shape index (κ3) is 3.23. The highest BCUT2D eigenvalue weighted by atomic mass is 32.1. The Morgan fingerprint density at radius 1 is 1.40 bits per heavy atom. The smallest absolute Gasteiger partial charge is 0.265 e. The van der Waals surface area contributed by atoms with Gasteiger partial charge >= 0.3 is 0 Å². The van der Waals surface area contributed by atoms with Gasteiger partial charge < -0.3 is 16.0 Å². The zero-order valence-electron chi connectivity index (χ0n) is 12.7. The van der Waals surface area contributed by atoms with Gasteiger partial charge in [-0.25, -0.2) is 4.98 Å². The van der Waals surface area contributed by atoms with E-state index in [0.717, 1.165) is 18.2 Å². The average molecular weight is 296 g/mol. The van der Waals surface area contributed by atoms with Crippen LogP contribution in [0.25, 0.3) is 0 Å². The SMILES string of the molecule is CC(NC(=O)c1sc(N2CCCC2)nc1N)C(C)(C)C. The number of thiazole rings is 1. The maximum atomic E-state index is 12.3. The van der Waals surface area contributed by atoms with Crippen LogP contribution in [-0.4, -0.2) is 30.0 Å². The lowest BCUT2D eigenvalue weighted by Crippen LogP contribution is -2.41. The second kappa shape index (κ2) is 5.60. The first-order chi connectivity index (χ1) is 9.29. The summed E-state index contributed by atoms with van der Waals surface area (Å²) in [5.74, 6) is 0.225. The second-order valence-corrected chi connectivity index (χ2v) is 7.44. The summed E-state index contributed by atoms with van der Waals surface area (Å²) in [6, 6.07) is 0.0757. The van der Waals surface area contributed by atoms with Crippen molar-refractivity contribution in [2.24, 2.45) is 5.41 Å². The van der Waals surface area contributed by atoms with Crippen molar-refractivity contribution in [1.29, 1.82) is 0 Å². The fourth-order valence-corrected chi connectivity index (χ4v) is 2.95. The highest BCUT2D eigenvalue weighted by Crippen LogP contribution is 2.30. The van der Waals surface area contributed by atoms with E-state index >= 15 is 0 Å². The van der Waals surface area contributed by atoms with Gasteiger partial charge in [0, 0.05) is 19.1 Å². The lowest BCUT2D eigenvalue weighted by atomic mass is 9.88. The molecule has 20 heavy (non-hydrogen) atoms. The van der Waals surface area contributed by atoms with Crippen molar-refractivity contribution in [3.63, 3.8) is 0 Å². The number of hydrogen-bond donors (Lipinski definition) is 2. The van der Waals surface area contributed by atoms with Crippen molar-refractivity contribution in [3.8, 4) is 0 Å². The molecule has 1 fully saturated rings. The van der Waals surface area contributed by atoms with Gasteiger partial charge in [0.1, 0.15) is 10.7 Å². The first kappa shape index (κ1) is 15.1. The Hall–Kier alpha value is -1.30. The number of hydrogen-bond acceptors (Lipinski definition) is 5. The van der Waals surface area contributed by atoms with Crippen LogP contribution in [0.4, 0.5) is 10.9 Å². The molecular formula is C14H24N4OS. The number of rotatable bonds is 3. The Bertz CT molecular complexity index is 486. The summed E-state index contributed by atoms with van der Waals surface area (Å²) < 4.78 is 0. The lowest BCUT2D eigenvalue weighted by Gasteiger charge is -2.27. The summed E-state index contributed by atoms with van der Waals surface area (Å²) in [7, 11) is 0. The molecule has 1 aliphatic heterocycles. The summed E-state index contributed by atoms with van der Waals surface area (Å²) >= 11 is 1.40. The predicted molar refractivity (Wildman–Crippen MR) is 84.4 cm³/mol. The van der Waals surface area contributed by atoms with Gasteiger partial charge in [-0.2, -0.15) is 0 Å². The molecule has 1 aromatic rings. The molecule has 1 amide bonds. The van der Waals surface area contributed by atoms with Gasteiger partial charge in [0.25, 0.3) is 5.91 Å². The van der Waals surface area contributed by atoms with Gasteiger partial charge in [-0.3, -0.25) is 4.79 Å². The number of nitrogens with two attached hydrogens (primary N) is 1. The van der Waals surface area contributed by atoms with E-state index in [1.54, 1.807) is 0 Å². The topological polar surface area (TPSA) is 71.2 Å². The minimum absolute atomic E-state index is 0.0207. The quantitative estimate of drug-likeness (QED) is 0.899. The van der Waals surface area contributed by atoms with E-state index in [1.165, 1.54) is 24.2 Å². The maximum Gasteiger partial charge on any atom is 0.265 e. The van der Waals surface area contributed by atoms with Crippen molar-refractivity contribution in [2.45, 2.75) is 46.6 Å². The third-order valence-corrected chi connectivity index (χ3v) is 5.00. The van der Waals surface area contributed by atoms with Gasteiger partial charge in [-0.15, -0.1) is 0 Å². The normalized spacial score (nSPS) is 17.3. The molecule has 0 saturated carbocycles. The van der Waals surface area contributed by atoms with Crippen LogP contribution in [0, 0.1) is 5.41 Å². The molecular weight excluding hydrogens is 272 g/mol. The highest BCUT2D eigenvalue weighted by Gasteiger charge is 2.26. The van der Waals surface area contributed by atoms with Crippen LogP contribution >= 0.6 is 11.3 Å². The van der Waals surface area contributed by atoms with Gasteiger partial charge in [0.2, 0.25) is 0 Å². The van der Waals surface area contributed by atoms with Gasteiger partial charge in [-0.05, 0) is 25.2 Å². The van der Waals surface area contributed by atoms with Crippen molar-refractivity contribution in [2.75, 3.05) is 23.7 Å². The fraction of sp³-hybridized carbons (Fsp3) is 0.714. The molecule has 1 atom stereocenters. The third-order valence-electron chi connectivity index (χ3n) is 3.87. The average Bonchev–Trinajstić information content (AvgIpc) is 2.95. The molecule has 2 rings (SSSR count). The van der Waals surface area contributed by atoms with E-state index in [0.29, 0.717) is 10.7 Å². The number of nitrogen functional groups attached to an aromatic ring is 1. The summed E-state index contributed by atoms with van der Waals surface area (Å²) in [5, 5.41) is 3.88. The van der Waals surface area contributed by atoms with Crippen LogP contribution in [0.5, 0.6) is 0 Å². The van der Waals surface area contributed by atoms with Crippen LogP contribution < -0.4 is 16.0 Å². The number of amides is 1. The highest BCUT2D eigenvalue weighted by molar-refractivity contribution is 7.18. The van der Waals surface area contributed by atoms with Gasteiger partial charge in [-0.1, -0.05) is 32.1 Å². The Kier molecular flexibility index (Phi) is 4.22. The molecule has 2 heterocycles. The predicted octanol–water partition coefficient (Wildman–Crippen LogP) is 2.49. The van der Waals surface area contributed by atoms with Crippen LogP contribution in [0.2, 0.25) is 0 Å². The summed E-state index contributed by atoms with van der Waals surface area (Å²) in [6.07, 6.45) is 2.37. The number of carbonyl (C=O) groups excluding carboxylic acids is 1. The van der Waals surface area contributed by atoms with Crippen LogP contribution in [0.1, 0.15) is 50.2 Å². The standard InChI is InChI=1S/C14H24N4OS/c1-9(14(2,3)4)16-12(19)10-11(15)17-13(20-10)18-7-5-6-8-18/h9H,5-8,15H2,1-4H3,(H,16,19). The fourth-order valence-electron chi connectivity index (χ4n) is 2.01. The summed E-state index contributed by atoms with van der Waals surface area (Å²) in [4.78, 5) is 19.4.